The number of rotatable bonds is 32. The third-order valence-electron chi connectivity index (χ3n) is 9.04. The summed E-state index contributed by atoms with van der Waals surface area (Å²) in [5.74, 6) is -14.1. The summed E-state index contributed by atoms with van der Waals surface area (Å²) in [6.07, 6.45) is -0.970. The van der Waals surface area contributed by atoms with E-state index >= 15 is 0 Å². The van der Waals surface area contributed by atoms with E-state index in [-0.39, 0.29) is 102 Å². The zero-order valence-electron chi connectivity index (χ0n) is 33.8. The highest BCUT2D eigenvalue weighted by molar-refractivity contribution is 6.33. The Labute approximate surface area is 335 Å². The molecule has 0 amide bonds. The molecule has 0 spiro atoms. The number of Topliss-reactive ketones (excluding diaryl/α,β-unsaturated/α-hetero) is 4. The molecular weight excluding hydrogens is 776 g/mol. The normalized spacial score (nSPS) is 13.8. The van der Waals surface area contributed by atoms with Gasteiger partial charge in [-0.2, -0.15) is 0 Å². The number of aliphatic carboxylic acids is 7. The van der Waals surface area contributed by atoms with Crippen LogP contribution < -0.4 is 0 Å². The molecule has 0 rings (SSSR count). The number of carbonyl (C=O) groups is 11. The quantitative estimate of drug-likeness (QED) is 0.0373. The molecule has 58 heavy (non-hydrogen) atoms. The van der Waals surface area contributed by atoms with Crippen molar-refractivity contribution in [2.24, 2.45) is 11.8 Å². The van der Waals surface area contributed by atoms with Gasteiger partial charge in [-0.15, -0.1) is 0 Å². The number of carboxylic acid groups (broad SMARTS) is 7. The summed E-state index contributed by atoms with van der Waals surface area (Å²) in [7, 11) is 2.99. The van der Waals surface area contributed by atoms with Crippen LogP contribution in [-0.4, -0.2) is 161 Å². The third-order valence-corrected chi connectivity index (χ3v) is 9.04. The first-order valence-electron chi connectivity index (χ1n) is 18.5. The van der Waals surface area contributed by atoms with Crippen LogP contribution in [0.25, 0.3) is 0 Å². The molecular formula is C37H58N2O19. The van der Waals surface area contributed by atoms with Crippen LogP contribution in [0.1, 0.15) is 105 Å². The fraction of sp³-hybridized carbons (Fsp3) is 0.703. The lowest BCUT2D eigenvalue weighted by Crippen LogP contribution is -2.54. The maximum absolute atomic E-state index is 12.2. The monoisotopic (exact) mass is 834 g/mol. The molecule has 0 aromatic heterocycles. The largest absolute Gasteiger partial charge is 0.480 e. The smallest absolute Gasteiger partial charge is 0.372 e. The predicted molar refractivity (Wildman–Crippen MR) is 199 cm³/mol. The molecule has 0 aromatic carbocycles. The highest BCUT2D eigenvalue weighted by Gasteiger charge is 2.44. The minimum atomic E-state index is -2.00. The van der Waals surface area contributed by atoms with Gasteiger partial charge in [0.1, 0.15) is 11.6 Å². The minimum absolute atomic E-state index is 0.00563. The van der Waals surface area contributed by atoms with Crippen LogP contribution in [0.15, 0.2) is 0 Å². The Hall–Kier alpha value is -5.15. The summed E-state index contributed by atoms with van der Waals surface area (Å²) in [6, 6.07) is -1.02. The molecule has 3 atom stereocenters. The van der Waals surface area contributed by atoms with Crippen molar-refractivity contribution in [2.75, 3.05) is 33.8 Å². The summed E-state index contributed by atoms with van der Waals surface area (Å²) in [4.78, 5) is 126. The van der Waals surface area contributed by atoms with Gasteiger partial charge in [0, 0.05) is 38.8 Å². The average Bonchev–Trinajstić information content (AvgIpc) is 3.10. The lowest BCUT2D eigenvalue weighted by molar-refractivity contribution is -0.173. The standard InChI is InChI=1S/C20H31NO11.C17H27NO8/c1-12(2)10-13(16(24)25)21(3)11-20(19(30)31,8-4-6-14(22)17(26)27)32-9-5-7-15(23)18(28)29;1-11(2)10-17(16(25)26,8-4-6-12(19)14(21)22)18(3)9-5-7-13(20)15(23)24/h12-13H,4-11H2,1-3H3,(H,24,25)(H,26,27)(H,28,29)(H,30,31);11H,4-10H2,1-3H3,(H,21,22)(H,23,24)(H,25,26)/t13-,20?;17-/m00/s1. The van der Waals surface area contributed by atoms with E-state index in [0.29, 0.717) is 0 Å². The molecule has 0 saturated heterocycles. The Morgan fingerprint density at radius 3 is 1.33 bits per heavy atom. The molecule has 0 radical (unpaired) electrons. The summed E-state index contributed by atoms with van der Waals surface area (Å²) in [5.41, 5.74) is -3.32. The van der Waals surface area contributed by atoms with Gasteiger partial charge in [-0.05, 0) is 83.8 Å². The van der Waals surface area contributed by atoms with Crippen molar-refractivity contribution in [1.29, 1.82) is 0 Å². The van der Waals surface area contributed by atoms with Crippen molar-refractivity contribution in [3.05, 3.63) is 0 Å². The van der Waals surface area contributed by atoms with Gasteiger partial charge in [-0.1, -0.05) is 27.7 Å². The molecule has 21 nitrogen and oxygen atoms in total. The Morgan fingerprint density at radius 2 is 0.966 bits per heavy atom. The summed E-state index contributed by atoms with van der Waals surface area (Å²) >= 11 is 0. The van der Waals surface area contributed by atoms with Crippen molar-refractivity contribution >= 4 is 64.9 Å². The molecule has 0 bridgehead atoms. The van der Waals surface area contributed by atoms with Crippen LogP contribution in [-0.2, 0) is 57.5 Å². The maximum Gasteiger partial charge on any atom is 0.372 e. The zero-order chi connectivity index (χ0) is 45.6. The zero-order valence-corrected chi connectivity index (χ0v) is 33.8. The van der Waals surface area contributed by atoms with E-state index in [1.54, 1.807) is 11.9 Å². The van der Waals surface area contributed by atoms with Crippen molar-refractivity contribution in [1.82, 2.24) is 9.80 Å². The minimum Gasteiger partial charge on any atom is -0.480 e. The van der Waals surface area contributed by atoms with E-state index in [1.165, 1.54) is 11.9 Å². The van der Waals surface area contributed by atoms with Crippen molar-refractivity contribution in [3.63, 3.8) is 0 Å². The van der Waals surface area contributed by atoms with Crippen molar-refractivity contribution < 1.29 is 93.2 Å². The van der Waals surface area contributed by atoms with Gasteiger partial charge in [0.15, 0.2) is 5.60 Å². The third kappa shape index (κ3) is 20.3. The Bertz CT molecular complexity index is 1490. The summed E-state index contributed by atoms with van der Waals surface area (Å²) in [5, 5.41) is 63.8. The second kappa shape index (κ2) is 26.7. The van der Waals surface area contributed by atoms with Crippen LogP contribution in [0.3, 0.4) is 0 Å². The fourth-order valence-electron chi connectivity index (χ4n) is 6.04. The van der Waals surface area contributed by atoms with Gasteiger partial charge in [-0.25, -0.2) is 24.0 Å². The lowest BCUT2D eigenvalue weighted by atomic mass is 9.82. The van der Waals surface area contributed by atoms with Crippen molar-refractivity contribution in [3.8, 4) is 0 Å². The number of nitrogens with zero attached hydrogens (tertiary/aromatic N) is 2. The van der Waals surface area contributed by atoms with E-state index in [2.05, 4.69) is 0 Å². The van der Waals surface area contributed by atoms with Crippen LogP contribution in [0.4, 0.5) is 0 Å². The molecule has 0 aliphatic rings. The van der Waals surface area contributed by atoms with Gasteiger partial charge in [0.2, 0.25) is 23.1 Å². The Morgan fingerprint density at radius 1 is 0.552 bits per heavy atom. The number of carboxylic acids is 7. The van der Waals surface area contributed by atoms with Crippen molar-refractivity contribution in [2.45, 2.75) is 122 Å². The highest BCUT2D eigenvalue weighted by atomic mass is 16.5. The Kier molecular flexibility index (Phi) is 25.3. The first-order valence-corrected chi connectivity index (χ1v) is 18.5. The molecule has 0 aliphatic heterocycles. The number of ketones is 4. The van der Waals surface area contributed by atoms with E-state index in [1.807, 2.05) is 27.7 Å². The number of carbonyl (C=O) groups excluding carboxylic acids is 4. The van der Waals surface area contributed by atoms with Crippen LogP contribution in [0, 0.1) is 11.8 Å². The van der Waals surface area contributed by atoms with Crippen LogP contribution >= 0.6 is 0 Å². The number of hydrogen-bond donors (Lipinski definition) is 7. The summed E-state index contributed by atoms with van der Waals surface area (Å²) in [6.45, 7) is 6.80. The molecule has 0 aliphatic carbocycles. The van der Waals surface area contributed by atoms with Gasteiger partial charge < -0.3 is 40.5 Å². The van der Waals surface area contributed by atoms with Gasteiger partial charge in [0.25, 0.3) is 0 Å². The van der Waals surface area contributed by atoms with Gasteiger partial charge >= 0.3 is 41.8 Å². The second-order valence-corrected chi connectivity index (χ2v) is 14.7. The molecule has 1 unspecified atom stereocenters. The molecule has 0 heterocycles. The average molecular weight is 835 g/mol. The Balaban J connectivity index is 0. The molecule has 0 saturated carbocycles. The molecule has 0 fully saturated rings. The lowest BCUT2D eigenvalue weighted by Gasteiger charge is -2.40. The number of hydrogen-bond acceptors (Lipinski definition) is 14. The first-order chi connectivity index (χ1) is 26.7. The molecule has 330 valence electrons. The predicted octanol–water partition coefficient (Wildman–Crippen LogP) is 1.56. The highest BCUT2D eigenvalue weighted by Crippen LogP contribution is 2.30. The van der Waals surface area contributed by atoms with Gasteiger partial charge in [0.05, 0.1) is 0 Å². The summed E-state index contributed by atoms with van der Waals surface area (Å²) < 4.78 is 5.53. The SMILES string of the molecule is CC(C)C[C@@H](C(=O)O)N(C)CC(CCCC(=O)C(=O)O)(OCCCC(=O)C(=O)O)C(=O)O.CC(C)C[C@@](CCCC(=O)C(=O)O)(C(=O)O)N(C)CCCC(=O)C(=O)O. The van der Waals surface area contributed by atoms with E-state index < -0.39 is 88.5 Å². The number of likely N-dealkylation sites (N-methyl/N-ethyl adjacent to an activating group) is 2. The fourth-order valence-corrected chi connectivity index (χ4v) is 6.04. The molecule has 7 N–H and O–H groups in total. The van der Waals surface area contributed by atoms with E-state index in [0.717, 1.165) is 0 Å². The maximum atomic E-state index is 12.2. The van der Waals surface area contributed by atoms with E-state index in [9.17, 15) is 68.1 Å². The topological polar surface area (TPSA) is 345 Å². The van der Waals surface area contributed by atoms with Crippen LogP contribution in [0.5, 0.6) is 0 Å². The number of ether oxygens (including phenoxy) is 1. The molecule has 0 aromatic rings. The van der Waals surface area contributed by atoms with Gasteiger partial charge in [-0.3, -0.25) is 38.6 Å². The van der Waals surface area contributed by atoms with E-state index in [4.69, 9.17) is 25.2 Å². The second-order valence-electron chi connectivity index (χ2n) is 14.7. The molecule has 21 heteroatoms. The first kappa shape index (κ1) is 54.9. The van der Waals surface area contributed by atoms with Crippen LogP contribution in [0.2, 0.25) is 0 Å².